The number of aliphatic hydroxyl groups excluding tert-OH is 1. The van der Waals surface area contributed by atoms with Crippen LogP contribution in [0, 0.1) is 5.92 Å². The Kier molecular flexibility index (Phi) is 5.40. The first kappa shape index (κ1) is 11.0. The van der Waals surface area contributed by atoms with E-state index in [1.807, 2.05) is 0 Å². The van der Waals surface area contributed by atoms with Crippen molar-refractivity contribution in [3.8, 4) is 0 Å². The summed E-state index contributed by atoms with van der Waals surface area (Å²) in [5, 5.41) is 12.4. The fourth-order valence-corrected chi connectivity index (χ4v) is 1.80. The average molecular weight is 185 g/mol. The molecule has 13 heavy (non-hydrogen) atoms. The minimum Gasteiger partial charge on any atom is -0.396 e. The molecular formula is C11H23NO. The predicted octanol–water partition coefficient (Wildman–Crippen LogP) is 1.93. The third-order valence-electron chi connectivity index (χ3n) is 2.82. The molecule has 1 rings (SSSR count). The first-order valence-corrected chi connectivity index (χ1v) is 5.72. The molecule has 2 heteroatoms. The topological polar surface area (TPSA) is 32.3 Å². The number of aliphatic hydroxyl groups is 1. The van der Waals surface area contributed by atoms with Crippen molar-refractivity contribution in [2.75, 3.05) is 13.2 Å². The SMILES string of the molecule is CCCCCN[C@@H](CCO)C1CC1. The second-order valence-corrected chi connectivity index (χ2v) is 4.12. The van der Waals surface area contributed by atoms with Gasteiger partial charge in [-0.1, -0.05) is 19.8 Å². The van der Waals surface area contributed by atoms with E-state index < -0.39 is 0 Å². The van der Waals surface area contributed by atoms with Gasteiger partial charge in [-0.05, 0) is 38.1 Å². The van der Waals surface area contributed by atoms with Crippen LogP contribution in [0.15, 0.2) is 0 Å². The number of hydrogen-bond donors (Lipinski definition) is 2. The molecule has 78 valence electrons. The summed E-state index contributed by atoms with van der Waals surface area (Å²) in [5.41, 5.74) is 0. The Balaban J connectivity index is 2.00. The van der Waals surface area contributed by atoms with Crippen LogP contribution in [-0.2, 0) is 0 Å². The Hall–Kier alpha value is -0.0800. The van der Waals surface area contributed by atoms with Crippen molar-refractivity contribution in [3.63, 3.8) is 0 Å². The van der Waals surface area contributed by atoms with E-state index in [1.165, 1.54) is 32.1 Å². The van der Waals surface area contributed by atoms with Crippen molar-refractivity contribution in [2.45, 2.75) is 51.5 Å². The molecule has 1 aliphatic carbocycles. The Morgan fingerprint density at radius 1 is 1.38 bits per heavy atom. The van der Waals surface area contributed by atoms with Gasteiger partial charge in [0, 0.05) is 12.6 Å². The average Bonchev–Trinajstić information content (AvgIpc) is 2.93. The third-order valence-corrected chi connectivity index (χ3v) is 2.82. The van der Waals surface area contributed by atoms with Crippen LogP contribution in [0.4, 0.5) is 0 Å². The summed E-state index contributed by atoms with van der Waals surface area (Å²) < 4.78 is 0. The molecule has 0 radical (unpaired) electrons. The van der Waals surface area contributed by atoms with Gasteiger partial charge in [0.05, 0.1) is 0 Å². The van der Waals surface area contributed by atoms with Gasteiger partial charge in [0.25, 0.3) is 0 Å². The minimum absolute atomic E-state index is 0.335. The van der Waals surface area contributed by atoms with Gasteiger partial charge in [0.1, 0.15) is 0 Å². The first-order chi connectivity index (χ1) is 6.38. The molecule has 1 aliphatic rings. The van der Waals surface area contributed by atoms with Crippen LogP contribution in [0.2, 0.25) is 0 Å². The van der Waals surface area contributed by atoms with E-state index in [2.05, 4.69) is 12.2 Å². The van der Waals surface area contributed by atoms with E-state index in [1.54, 1.807) is 0 Å². The zero-order valence-electron chi connectivity index (χ0n) is 8.76. The maximum absolute atomic E-state index is 8.88. The normalized spacial score (nSPS) is 18.9. The van der Waals surface area contributed by atoms with Crippen LogP contribution >= 0.6 is 0 Å². The molecule has 2 N–H and O–H groups in total. The molecule has 0 aliphatic heterocycles. The zero-order chi connectivity index (χ0) is 9.52. The molecule has 1 fully saturated rings. The Bertz CT molecular complexity index is 123. The summed E-state index contributed by atoms with van der Waals surface area (Å²) in [6, 6.07) is 0.599. The fraction of sp³-hybridized carbons (Fsp3) is 1.00. The second-order valence-electron chi connectivity index (χ2n) is 4.12. The molecule has 0 unspecified atom stereocenters. The fourth-order valence-electron chi connectivity index (χ4n) is 1.80. The molecule has 0 bridgehead atoms. The Morgan fingerprint density at radius 3 is 2.69 bits per heavy atom. The molecule has 0 aromatic rings. The lowest BCUT2D eigenvalue weighted by Crippen LogP contribution is -2.32. The lowest BCUT2D eigenvalue weighted by molar-refractivity contribution is 0.256. The highest BCUT2D eigenvalue weighted by atomic mass is 16.3. The van der Waals surface area contributed by atoms with Crippen LogP contribution in [0.3, 0.4) is 0 Å². The maximum atomic E-state index is 8.88. The van der Waals surface area contributed by atoms with Gasteiger partial charge in [-0.25, -0.2) is 0 Å². The summed E-state index contributed by atoms with van der Waals surface area (Å²) in [7, 11) is 0. The summed E-state index contributed by atoms with van der Waals surface area (Å²) in [6.07, 6.45) is 7.57. The summed E-state index contributed by atoms with van der Waals surface area (Å²) in [6.45, 7) is 3.70. The Labute approximate surface area is 81.7 Å². The Morgan fingerprint density at radius 2 is 2.15 bits per heavy atom. The summed E-state index contributed by atoms with van der Waals surface area (Å²) >= 11 is 0. The molecule has 0 heterocycles. The molecule has 0 aromatic heterocycles. The smallest absolute Gasteiger partial charge is 0.0445 e. The third kappa shape index (κ3) is 4.63. The van der Waals surface area contributed by atoms with Crippen LogP contribution in [0.25, 0.3) is 0 Å². The van der Waals surface area contributed by atoms with Crippen LogP contribution in [0.1, 0.15) is 45.4 Å². The van der Waals surface area contributed by atoms with E-state index in [4.69, 9.17) is 5.11 Å². The van der Waals surface area contributed by atoms with Gasteiger partial charge in [-0.2, -0.15) is 0 Å². The van der Waals surface area contributed by atoms with E-state index in [9.17, 15) is 0 Å². The van der Waals surface area contributed by atoms with Crippen molar-refractivity contribution < 1.29 is 5.11 Å². The second kappa shape index (κ2) is 6.39. The van der Waals surface area contributed by atoms with E-state index in [0.717, 1.165) is 18.9 Å². The first-order valence-electron chi connectivity index (χ1n) is 5.72. The number of hydrogen-bond acceptors (Lipinski definition) is 2. The molecule has 1 saturated carbocycles. The number of nitrogens with one attached hydrogen (secondary N) is 1. The lowest BCUT2D eigenvalue weighted by atomic mass is 10.1. The van der Waals surface area contributed by atoms with Crippen LogP contribution in [0.5, 0.6) is 0 Å². The summed E-state index contributed by atoms with van der Waals surface area (Å²) in [4.78, 5) is 0. The molecule has 2 nitrogen and oxygen atoms in total. The van der Waals surface area contributed by atoms with Crippen LogP contribution in [-0.4, -0.2) is 24.3 Å². The zero-order valence-corrected chi connectivity index (χ0v) is 8.76. The largest absolute Gasteiger partial charge is 0.396 e. The van der Waals surface area contributed by atoms with Gasteiger partial charge in [-0.3, -0.25) is 0 Å². The number of unbranched alkanes of at least 4 members (excludes halogenated alkanes) is 2. The molecule has 1 atom stereocenters. The highest BCUT2D eigenvalue weighted by molar-refractivity contribution is 4.85. The van der Waals surface area contributed by atoms with Crippen molar-refractivity contribution >= 4 is 0 Å². The minimum atomic E-state index is 0.335. The molecular weight excluding hydrogens is 162 g/mol. The lowest BCUT2D eigenvalue weighted by Gasteiger charge is -2.16. The number of rotatable bonds is 8. The van der Waals surface area contributed by atoms with Gasteiger partial charge in [0.15, 0.2) is 0 Å². The van der Waals surface area contributed by atoms with Crippen molar-refractivity contribution in [2.24, 2.45) is 5.92 Å². The van der Waals surface area contributed by atoms with Gasteiger partial charge < -0.3 is 10.4 Å². The highest BCUT2D eigenvalue weighted by Crippen LogP contribution is 2.33. The predicted molar refractivity (Wildman–Crippen MR) is 55.7 cm³/mol. The van der Waals surface area contributed by atoms with Crippen molar-refractivity contribution in [1.29, 1.82) is 0 Å². The van der Waals surface area contributed by atoms with Crippen molar-refractivity contribution in [3.05, 3.63) is 0 Å². The van der Waals surface area contributed by atoms with E-state index in [0.29, 0.717) is 12.6 Å². The van der Waals surface area contributed by atoms with Gasteiger partial charge in [-0.15, -0.1) is 0 Å². The summed E-state index contributed by atoms with van der Waals surface area (Å²) in [5.74, 6) is 0.869. The van der Waals surface area contributed by atoms with Gasteiger partial charge in [0.2, 0.25) is 0 Å². The van der Waals surface area contributed by atoms with Crippen LogP contribution < -0.4 is 5.32 Å². The highest BCUT2D eigenvalue weighted by Gasteiger charge is 2.29. The quantitative estimate of drug-likeness (QED) is 0.566. The standard InChI is InChI=1S/C11H23NO/c1-2-3-4-8-12-11(7-9-13)10-5-6-10/h10-13H,2-9H2,1H3/t11-/m0/s1. The van der Waals surface area contributed by atoms with E-state index >= 15 is 0 Å². The van der Waals surface area contributed by atoms with Gasteiger partial charge >= 0.3 is 0 Å². The molecule has 0 spiro atoms. The van der Waals surface area contributed by atoms with E-state index in [-0.39, 0.29) is 0 Å². The monoisotopic (exact) mass is 185 g/mol. The molecule has 0 saturated heterocycles. The maximum Gasteiger partial charge on any atom is 0.0445 e. The molecule has 0 amide bonds. The van der Waals surface area contributed by atoms with Crippen molar-refractivity contribution in [1.82, 2.24) is 5.32 Å². The molecule has 0 aromatic carbocycles.